The van der Waals surface area contributed by atoms with Gasteiger partial charge in [-0.1, -0.05) is 0 Å². The van der Waals surface area contributed by atoms with Gasteiger partial charge in [0.05, 0.1) is 22.2 Å². The van der Waals surface area contributed by atoms with Crippen LogP contribution in [0.4, 0.5) is 14.6 Å². The van der Waals surface area contributed by atoms with Gasteiger partial charge in [-0.3, -0.25) is 24.5 Å². The molecule has 4 aliphatic rings. The normalized spacial score (nSPS) is 24.3. The number of benzene rings is 2. The van der Waals surface area contributed by atoms with Crippen LogP contribution in [-0.4, -0.2) is 31.0 Å². The van der Waals surface area contributed by atoms with E-state index in [1.165, 1.54) is 35.7 Å². The molecule has 4 fully saturated rings. The van der Waals surface area contributed by atoms with Crippen molar-refractivity contribution >= 4 is 50.3 Å². The second kappa shape index (κ2) is 19.5. The van der Waals surface area contributed by atoms with Crippen molar-refractivity contribution in [2.75, 3.05) is 5.73 Å². The van der Waals surface area contributed by atoms with E-state index in [1.807, 2.05) is 30.6 Å². The third-order valence-electron chi connectivity index (χ3n) is 13.8. The molecule has 320 valence electrons. The van der Waals surface area contributed by atoms with Crippen LogP contribution in [0.5, 0.6) is 0 Å². The zero-order valence-electron chi connectivity index (χ0n) is 34.8. The molecule has 0 radical (unpaired) electrons. The number of aromatic nitrogens is 4. The van der Waals surface area contributed by atoms with Crippen molar-refractivity contribution in [2.24, 2.45) is 35.5 Å². The lowest BCUT2D eigenvalue weighted by Gasteiger charge is -2.16. The van der Waals surface area contributed by atoms with Gasteiger partial charge < -0.3 is 5.73 Å². The molecule has 9 nitrogen and oxygen atoms in total. The summed E-state index contributed by atoms with van der Waals surface area (Å²) in [5, 5.41) is 18.8. The Labute approximate surface area is 370 Å². The van der Waals surface area contributed by atoms with E-state index in [0.717, 1.165) is 78.9 Å². The maximum atomic E-state index is 13.8. The van der Waals surface area contributed by atoms with Crippen molar-refractivity contribution < 1.29 is 18.4 Å². The van der Waals surface area contributed by atoms with Gasteiger partial charge in [0.2, 0.25) is 5.24 Å². The monoisotopic (exact) mass is 863 g/mol. The number of carbonyl (C=O) groups is 2. The molecule has 2 N–H and O–H groups in total. The summed E-state index contributed by atoms with van der Waals surface area (Å²) in [4.78, 5) is 40.3. The minimum absolute atomic E-state index is 0.203. The summed E-state index contributed by atoms with van der Waals surface area (Å²) in [6, 6.07) is 24.5. The number of ketones is 1. The standard InChI is InChI=1S/C26H24FN3O.C19H19ClFNO.C6H5N3/c27-21-2-4-26-25(12-21)24(5-6-29-26)20-10-18-7-17(8-19(18)11-20)9-23(31)13-22-3-1-16(14-28)15-30-22;20-19(23)7-11-5-12-8-14(9-13(12)6-11)16-3-4-22-18-2-1-15(21)10-17(16)18;7-3-5-1-2-6(8)9-4-5/h1-6,12,15,17-20H,7-11,13H2;1-4,10-14H,5-9H2;1-2,4H,(H2,8,9)/t17?,18-,19+,20?;11?,12-,13+,14?;. The first-order chi connectivity index (χ1) is 30.5. The molecule has 10 rings (SSSR count). The number of Topliss-reactive ketones (excluding diaryl/α,β-unsaturated/α-hetero) is 1. The third kappa shape index (κ3) is 10.6. The van der Waals surface area contributed by atoms with Crippen molar-refractivity contribution in [3.05, 3.63) is 137 Å². The van der Waals surface area contributed by atoms with Crippen molar-refractivity contribution in [1.29, 1.82) is 10.5 Å². The first kappa shape index (κ1) is 43.5. The van der Waals surface area contributed by atoms with Crippen LogP contribution < -0.4 is 5.73 Å². The molecule has 4 unspecified atom stereocenters. The molecular weight excluding hydrogens is 816 g/mol. The number of anilines is 1. The SMILES string of the molecule is N#Cc1ccc(CC(=O)CC2C[C@@H]3CC(c4ccnc5ccc(F)cc45)C[C@@H]3C2)nc1.N#Cc1ccc(N)nc1.O=C(Cl)CC1C[C@@H]2CC(c3ccnc4ccc(F)cc34)C[C@@H]2C1. The lowest BCUT2D eigenvalue weighted by molar-refractivity contribution is -0.119. The minimum Gasteiger partial charge on any atom is -0.384 e. The fourth-order valence-corrected chi connectivity index (χ4v) is 11.4. The molecule has 4 aromatic heterocycles. The molecule has 0 amide bonds. The summed E-state index contributed by atoms with van der Waals surface area (Å²) in [7, 11) is 0. The Morgan fingerprint density at radius 2 is 1.10 bits per heavy atom. The number of nitrogens with two attached hydrogens (primary N) is 1. The van der Waals surface area contributed by atoms with E-state index >= 15 is 0 Å². The van der Waals surface area contributed by atoms with Crippen LogP contribution in [0.1, 0.15) is 104 Å². The van der Waals surface area contributed by atoms with E-state index in [1.54, 1.807) is 48.5 Å². The number of fused-ring (bicyclic) bond motifs is 4. The molecule has 0 aliphatic heterocycles. The van der Waals surface area contributed by atoms with E-state index in [-0.39, 0.29) is 22.7 Å². The van der Waals surface area contributed by atoms with Gasteiger partial charge in [0.1, 0.15) is 35.4 Å². The molecule has 12 heteroatoms. The van der Waals surface area contributed by atoms with Crippen LogP contribution >= 0.6 is 11.6 Å². The predicted molar refractivity (Wildman–Crippen MR) is 238 cm³/mol. The van der Waals surface area contributed by atoms with Crippen LogP contribution in [0.25, 0.3) is 21.8 Å². The molecule has 0 saturated heterocycles. The highest BCUT2D eigenvalue weighted by Gasteiger charge is 2.44. The van der Waals surface area contributed by atoms with E-state index in [2.05, 4.69) is 26.0 Å². The molecule has 6 aromatic rings. The van der Waals surface area contributed by atoms with Gasteiger partial charge >= 0.3 is 0 Å². The lowest BCUT2D eigenvalue weighted by Crippen LogP contribution is -2.11. The Morgan fingerprint density at radius 3 is 1.52 bits per heavy atom. The Hall–Kier alpha value is -6.17. The number of pyridine rings is 4. The summed E-state index contributed by atoms with van der Waals surface area (Å²) in [6.07, 6.45) is 17.0. The van der Waals surface area contributed by atoms with Gasteiger partial charge in [-0.25, -0.2) is 13.8 Å². The van der Waals surface area contributed by atoms with Crippen molar-refractivity contribution in [3.63, 3.8) is 0 Å². The largest absolute Gasteiger partial charge is 0.384 e. The van der Waals surface area contributed by atoms with Crippen molar-refractivity contribution in [3.8, 4) is 12.1 Å². The van der Waals surface area contributed by atoms with Crippen LogP contribution in [0.15, 0.2) is 97.6 Å². The van der Waals surface area contributed by atoms with E-state index in [4.69, 9.17) is 27.9 Å². The third-order valence-corrected chi connectivity index (χ3v) is 13.9. The Kier molecular flexibility index (Phi) is 13.4. The predicted octanol–water partition coefficient (Wildman–Crippen LogP) is 10.9. The molecule has 0 spiro atoms. The Morgan fingerprint density at radius 1 is 0.619 bits per heavy atom. The maximum Gasteiger partial charge on any atom is 0.221 e. The molecule has 2 aromatic carbocycles. The molecular formula is C51H48ClF2N7O2. The van der Waals surface area contributed by atoms with Crippen molar-refractivity contribution in [1.82, 2.24) is 19.9 Å². The zero-order valence-corrected chi connectivity index (χ0v) is 35.6. The average molecular weight is 864 g/mol. The Bertz CT molecular complexity index is 2670. The molecule has 4 heterocycles. The smallest absolute Gasteiger partial charge is 0.221 e. The summed E-state index contributed by atoms with van der Waals surface area (Å²) in [5.74, 6) is 4.74. The quantitative estimate of drug-likeness (QED) is 0.147. The molecule has 0 bridgehead atoms. The van der Waals surface area contributed by atoms with Gasteiger partial charge in [0.25, 0.3) is 0 Å². The number of nitrogen functional groups attached to an aromatic ring is 1. The molecule has 4 aliphatic carbocycles. The van der Waals surface area contributed by atoms with E-state index in [9.17, 15) is 18.4 Å². The summed E-state index contributed by atoms with van der Waals surface area (Å²) < 4.78 is 27.5. The number of rotatable bonds is 8. The fourth-order valence-electron chi connectivity index (χ4n) is 11.2. The molecule has 4 saturated carbocycles. The second-order valence-electron chi connectivity index (χ2n) is 17.9. The second-order valence-corrected chi connectivity index (χ2v) is 18.3. The number of nitrogens with zero attached hydrogens (tertiary/aromatic N) is 6. The van der Waals surface area contributed by atoms with Gasteiger partial charge in [0, 0.05) is 60.5 Å². The van der Waals surface area contributed by atoms with Gasteiger partial charge in [0.15, 0.2) is 0 Å². The summed E-state index contributed by atoms with van der Waals surface area (Å²) in [5.41, 5.74) is 11.2. The number of hydrogen-bond donors (Lipinski definition) is 1. The first-order valence-corrected chi connectivity index (χ1v) is 22.1. The maximum absolute atomic E-state index is 13.8. The fraction of sp³-hybridized carbons (Fsp3) is 0.373. The highest BCUT2D eigenvalue weighted by Crippen LogP contribution is 2.55. The van der Waals surface area contributed by atoms with Crippen LogP contribution in [0.3, 0.4) is 0 Å². The molecule has 63 heavy (non-hydrogen) atoms. The van der Waals surface area contributed by atoms with Crippen LogP contribution in [0, 0.1) is 69.8 Å². The van der Waals surface area contributed by atoms with Gasteiger partial charge in [-0.2, -0.15) is 10.5 Å². The van der Waals surface area contributed by atoms with Crippen LogP contribution in [-0.2, 0) is 16.0 Å². The van der Waals surface area contributed by atoms with E-state index < -0.39 is 0 Å². The number of carbonyl (C=O) groups excluding carboxylic acids is 2. The van der Waals surface area contributed by atoms with Crippen molar-refractivity contribution in [2.45, 2.75) is 82.5 Å². The zero-order chi connectivity index (χ0) is 44.0. The number of halogens is 3. The van der Waals surface area contributed by atoms with Gasteiger partial charge in [-0.05, 0) is 194 Å². The summed E-state index contributed by atoms with van der Waals surface area (Å²) >= 11 is 5.54. The highest BCUT2D eigenvalue weighted by molar-refractivity contribution is 6.63. The highest BCUT2D eigenvalue weighted by atomic mass is 35.5. The summed E-state index contributed by atoms with van der Waals surface area (Å²) in [6.45, 7) is 0. The minimum atomic E-state index is -0.213. The Balaban J connectivity index is 0.000000149. The lowest BCUT2D eigenvalue weighted by atomic mass is 9.89. The first-order valence-electron chi connectivity index (χ1n) is 21.8. The number of nitriles is 2. The van der Waals surface area contributed by atoms with E-state index in [0.29, 0.717) is 83.6 Å². The molecule has 8 atom stereocenters. The van der Waals surface area contributed by atoms with Crippen LogP contribution in [0.2, 0.25) is 0 Å². The number of hydrogen-bond acceptors (Lipinski definition) is 9. The topological polar surface area (TPSA) is 159 Å². The average Bonchev–Trinajstić information content (AvgIpc) is 4.05. The van der Waals surface area contributed by atoms with Gasteiger partial charge in [-0.15, -0.1) is 0 Å².